The van der Waals surface area contributed by atoms with E-state index in [1.165, 1.54) is 0 Å². The van der Waals surface area contributed by atoms with E-state index in [4.69, 9.17) is 10.5 Å². The second-order valence-electron chi connectivity index (χ2n) is 6.13. The van der Waals surface area contributed by atoms with Crippen LogP contribution in [-0.2, 0) is 4.74 Å². The number of nitrogens with two attached hydrogens (primary N) is 1. The number of ether oxygens (including phenoxy) is 1. The lowest BCUT2D eigenvalue weighted by atomic mass is 9.76. The molecule has 2 unspecified atom stereocenters. The van der Waals surface area contributed by atoms with Gasteiger partial charge in [-0.2, -0.15) is 26.3 Å². The van der Waals surface area contributed by atoms with Crippen molar-refractivity contribution in [3.05, 3.63) is 0 Å². The predicted molar refractivity (Wildman–Crippen MR) is 63.5 cm³/mol. The molecule has 1 saturated carbocycles. The van der Waals surface area contributed by atoms with Crippen molar-refractivity contribution >= 4 is 0 Å². The van der Waals surface area contributed by atoms with E-state index in [0.717, 1.165) is 12.8 Å². The number of hydrogen-bond acceptors (Lipinski definition) is 2. The standard InChI is InChI=1S/C13H19F6NO/c14-12(15,16)10(13(17,18)19)9(20)8-3-6-21-11(7-8)4-1-2-5-11/h8-10H,1-7,20H2. The molecule has 1 aliphatic heterocycles. The van der Waals surface area contributed by atoms with Crippen molar-refractivity contribution in [2.24, 2.45) is 17.6 Å². The highest BCUT2D eigenvalue weighted by molar-refractivity contribution is 4.97. The van der Waals surface area contributed by atoms with Gasteiger partial charge in [-0.05, 0) is 31.6 Å². The molecular weight excluding hydrogens is 300 g/mol. The molecule has 2 fully saturated rings. The Labute approximate surface area is 119 Å². The molecule has 1 aliphatic carbocycles. The summed E-state index contributed by atoms with van der Waals surface area (Å²) in [5, 5.41) is 0. The molecular formula is C13H19F6NO. The summed E-state index contributed by atoms with van der Waals surface area (Å²) in [4.78, 5) is 0. The van der Waals surface area contributed by atoms with Crippen LogP contribution in [0.3, 0.4) is 0 Å². The van der Waals surface area contributed by atoms with Crippen molar-refractivity contribution in [1.82, 2.24) is 0 Å². The van der Waals surface area contributed by atoms with Gasteiger partial charge in [-0.15, -0.1) is 0 Å². The summed E-state index contributed by atoms with van der Waals surface area (Å²) in [5.74, 6) is -4.28. The molecule has 2 rings (SSSR count). The van der Waals surface area contributed by atoms with E-state index in [1.807, 2.05) is 0 Å². The van der Waals surface area contributed by atoms with Crippen LogP contribution in [0.2, 0.25) is 0 Å². The highest BCUT2D eigenvalue weighted by Gasteiger charge is 2.61. The van der Waals surface area contributed by atoms with Crippen LogP contribution in [0, 0.1) is 11.8 Å². The molecule has 1 heterocycles. The third-order valence-corrected chi connectivity index (χ3v) is 4.68. The highest BCUT2D eigenvalue weighted by atomic mass is 19.4. The molecule has 0 radical (unpaired) electrons. The second kappa shape index (κ2) is 5.61. The van der Waals surface area contributed by atoms with E-state index < -0.39 is 35.8 Å². The summed E-state index contributed by atoms with van der Waals surface area (Å²) >= 11 is 0. The van der Waals surface area contributed by atoms with Crippen LogP contribution in [0.15, 0.2) is 0 Å². The van der Waals surface area contributed by atoms with Crippen LogP contribution in [0.4, 0.5) is 26.3 Å². The number of rotatable bonds is 2. The molecule has 1 saturated heterocycles. The maximum absolute atomic E-state index is 12.8. The minimum Gasteiger partial charge on any atom is -0.375 e. The first-order chi connectivity index (χ1) is 9.55. The molecule has 0 aromatic heterocycles. The van der Waals surface area contributed by atoms with Gasteiger partial charge in [0.1, 0.15) is 0 Å². The summed E-state index contributed by atoms with van der Waals surface area (Å²) in [6.45, 7) is 0.181. The van der Waals surface area contributed by atoms with Crippen molar-refractivity contribution in [3.8, 4) is 0 Å². The minimum atomic E-state index is -5.38. The Bertz CT molecular complexity index is 347. The molecule has 2 atom stereocenters. The van der Waals surface area contributed by atoms with E-state index >= 15 is 0 Å². The molecule has 2 aliphatic rings. The summed E-state index contributed by atoms with van der Waals surface area (Å²) in [6.07, 6.45) is -7.24. The maximum atomic E-state index is 12.8. The molecule has 0 aromatic rings. The predicted octanol–water partition coefficient (Wildman–Crippen LogP) is 3.79. The Balaban J connectivity index is 2.15. The van der Waals surface area contributed by atoms with Gasteiger partial charge in [0, 0.05) is 12.6 Å². The minimum absolute atomic E-state index is 0.144. The van der Waals surface area contributed by atoms with Crippen LogP contribution in [0.25, 0.3) is 0 Å². The first kappa shape index (κ1) is 16.9. The lowest BCUT2D eigenvalue weighted by Gasteiger charge is -2.42. The van der Waals surface area contributed by atoms with E-state index in [1.54, 1.807) is 0 Å². The molecule has 21 heavy (non-hydrogen) atoms. The zero-order chi connectivity index (χ0) is 15.9. The summed E-state index contributed by atoms with van der Waals surface area (Å²) in [7, 11) is 0. The highest BCUT2D eigenvalue weighted by Crippen LogP contribution is 2.48. The fourth-order valence-electron chi connectivity index (χ4n) is 3.66. The second-order valence-corrected chi connectivity index (χ2v) is 6.13. The maximum Gasteiger partial charge on any atom is 0.402 e. The van der Waals surface area contributed by atoms with Gasteiger partial charge >= 0.3 is 12.4 Å². The molecule has 2 N–H and O–H groups in total. The molecule has 8 heteroatoms. The van der Waals surface area contributed by atoms with Crippen LogP contribution in [0.5, 0.6) is 0 Å². The van der Waals surface area contributed by atoms with Crippen molar-refractivity contribution < 1.29 is 31.1 Å². The Morgan fingerprint density at radius 2 is 1.52 bits per heavy atom. The Morgan fingerprint density at radius 3 is 2.00 bits per heavy atom. The molecule has 0 aromatic carbocycles. The fraction of sp³-hybridized carbons (Fsp3) is 1.00. The van der Waals surface area contributed by atoms with Crippen LogP contribution < -0.4 is 5.73 Å². The van der Waals surface area contributed by atoms with Crippen LogP contribution >= 0.6 is 0 Å². The molecule has 0 bridgehead atoms. The van der Waals surface area contributed by atoms with E-state index in [0.29, 0.717) is 12.8 Å². The van der Waals surface area contributed by atoms with Gasteiger partial charge in [-0.3, -0.25) is 0 Å². The van der Waals surface area contributed by atoms with Gasteiger partial charge < -0.3 is 10.5 Å². The van der Waals surface area contributed by atoms with Crippen LogP contribution in [0.1, 0.15) is 38.5 Å². The Morgan fingerprint density at radius 1 is 1.00 bits per heavy atom. The summed E-state index contributed by atoms with van der Waals surface area (Å²) < 4.78 is 82.2. The monoisotopic (exact) mass is 319 g/mol. The Kier molecular flexibility index (Phi) is 4.50. The quantitative estimate of drug-likeness (QED) is 0.786. The van der Waals surface area contributed by atoms with Gasteiger partial charge in [0.25, 0.3) is 0 Å². The fourth-order valence-corrected chi connectivity index (χ4v) is 3.66. The van der Waals surface area contributed by atoms with Gasteiger partial charge in [0.15, 0.2) is 5.92 Å². The number of alkyl halides is 6. The number of hydrogen-bond donors (Lipinski definition) is 1. The smallest absolute Gasteiger partial charge is 0.375 e. The third kappa shape index (κ3) is 3.64. The molecule has 0 amide bonds. The first-order valence-electron chi connectivity index (χ1n) is 7.08. The van der Waals surface area contributed by atoms with Crippen molar-refractivity contribution in [2.45, 2.75) is 62.5 Å². The van der Waals surface area contributed by atoms with Gasteiger partial charge in [0.2, 0.25) is 0 Å². The zero-order valence-electron chi connectivity index (χ0n) is 11.4. The topological polar surface area (TPSA) is 35.2 Å². The SMILES string of the molecule is NC(C1CCOC2(CCCC2)C1)C(C(F)(F)F)C(F)(F)F. The van der Waals surface area contributed by atoms with E-state index in [2.05, 4.69) is 0 Å². The molecule has 1 spiro atoms. The van der Waals surface area contributed by atoms with Gasteiger partial charge in [-0.25, -0.2) is 0 Å². The third-order valence-electron chi connectivity index (χ3n) is 4.68. The summed E-state index contributed by atoms with van der Waals surface area (Å²) in [5.41, 5.74) is 4.87. The average molecular weight is 319 g/mol. The largest absolute Gasteiger partial charge is 0.402 e. The Hall–Kier alpha value is -0.500. The lowest BCUT2D eigenvalue weighted by Crippen LogP contribution is -2.55. The summed E-state index contributed by atoms with van der Waals surface area (Å²) in [6, 6.07) is -1.97. The normalized spacial score (nSPS) is 28.3. The van der Waals surface area contributed by atoms with Crippen molar-refractivity contribution in [2.75, 3.05) is 6.61 Å². The van der Waals surface area contributed by atoms with Crippen molar-refractivity contribution in [3.63, 3.8) is 0 Å². The van der Waals surface area contributed by atoms with Crippen molar-refractivity contribution in [1.29, 1.82) is 0 Å². The first-order valence-corrected chi connectivity index (χ1v) is 7.08. The van der Waals surface area contributed by atoms with E-state index in [-0.39, 0.29) is 19.4 Å². The number of halogens is 6. The van der Waals surface area contributed by atoms with Gasteiger partial charge in [-0.1, -0.05) is 12.8 Å². The molecule has 2 nitrogen and oxygen atoms in total. The molecule has 124 valence electrons. The van der Waals surface area contributed by atoms with Crippen LogP contribution in [-0.4, -0.2) is 30.6 Å². The average Bonchev–Trinajstić information content (AvgIpc) is 2.73. The van der Waals surface area contributed by atoms with Gasteiger partial charge in [0.05, 0.1) is 5.60 Å². The lowest BCUT2D eigenvalue weighted by molar-refractivity contribution is -0.294. The zero-order valence-corrected chi connectivity index (χ0v) is 11.4. The van der Waals surface area contributed by atoms with E-state index in [9.17, 15) is 26.3 Å².